The van der Waals surface area contributed by atoms with E-state index in [1.165, 1.54) is 23.1 Å². The summed E-state index contributed by atoms with van der Waals surface area (Å²) in [6, 6.07) is 6.69. The first-order valence-corrected chi connectivity index (χ1v) is 9.03. The number of halogens is 3. The molecule has 0 aliphatic heterocycles. The number of rotatable bonds is 4. The minimum Gasteiger partial charge on any atom is -0.382 e. The monoisotopic (exact) mass is 460 g/mol. The van der Waals surface area contributed by atoms with E-state index in [0.29, 0.717) is 22.5 Å². The van der Waals surface area contributed by atoms with Crippen LogP contribution in [0.1, 0.15) is 24.1 Å². The van der Waals surface area contributed by atoms with E-state index in [2.05, 4.69) is 25.4 Å². The summed E-state index contributed by atoms with van der Waals surface area (Å²) in [5.74, 6) is -1.71. The van der Waals surface area contributed by atoms with Crippen molar-refractivity contribution in [1.29, 1.82) is 5.26 Å². The van der Waals surface area contributed by atoms with Crippen LogP contribution in [-0.2, 0) is 0 Å². The molecule has 1 atom stereocenters. The molecule has 3 aromatic heterocycles. The number of hydrogen-bond acceptors (Lipinski definition) is 7. The zero-order valence-electron chi connectivity index (χ0n) is 15.9. The Labute approximate surface area is 187 Å². The highest BCUT2D eigenvalue weighted by Crippen LogP contribution is 2.31. The summed E-state index contributed by atoms with van der Waals surface area (Å²) in [6.07, 6.45) is 2.66. The summed E-state index contributed by atoms with van der Waals surface area (Å²) in [7, 11) is 0. The standard InChI is InChI=1S/C19H13ClF2N8.H2S/c1-9(28-19-12(6-23)18(24)26-8-27-19)11-5-16-25-7-15(20)30(16)29-17(11)10-2-3-13(21)14(22)4-10;/h2-5,7-9H,1H3,(H3,24,26,27,28);1H2/t9-;/m0./s1. The first-order chi connectivity index (χ1) is 14.4. The van der Waals surface area contributed by atoms with Crippen LogP contribution in [0.5, 0.6) is 0 Å². The Hall–Kier alpha value is -3.49. The zero-order chi connectivity index (χ0) is 21.4. The maximum atomic E-state index is 13.9. The first kappa shape index (κ1) is 22.2. The van der Waals surface area contributed by atoms with Gasteiger partial charge in [-0.1, -0.05) is 11.6 Å². The highest BCUT2D eigenvalue weighted by Gasteiger charge is 2.20. The van der Waals surface area contributed by atoms with Gasteiger partial charge in [0, 0.05) is 11.1 Å². The van der Waals surface area contributed by atoms with E-state index in [0.717, 1.165) is 12.1 Å². The van der Waals surface area contributed by atoms with E-state index in [-0.39, 0.29) is 35.8 Å². The van der Waals surface area contributed by atoms with Gasteiger partial charge in [0.05, 0.1) is 17.9 Å². The summed E-state index contributed by atoms with van der Waals surface area (Å²) in [6.45, 7) is 1.79. The predicted molar refractivity (Wildman–Crippen MR) is 117 cm³/mol. The molecule has 0 fully saturated rings. The van der Waals surface area contributed by atoms with Crippen LogP contribution in [0, 0.1) is 23.0 Å². The Morgan fingerprint density at radius 3 is 2.68 bits per heavy atom. The van der Waals surface area contributed by atoms with Crippen molar-refractivity contribution in [3.8, 4) is 17.3 Å². The van der Waals surface area contributed by atoms with Gasteiger partial charge in [0.2, 0.25) is 0 Å². The Kier molecular flexibility index (Phi) is 6.24. The Bertz CT molecular complexity index is 1320. The minimum absolute atomic E-state index is 0. The molecule has 8 nitrogen and oxygen atoms in total. The lowest BCUT2D eigenvalue weighted by molar-refractivity contribution is 0.509. The fourth-order valence-corrected chi connectivity index (χ4v) is 3.17. The number of nitrogen functional groups attached to an aromatic ring is 1. The number of nitrogens with two attached hydrogens (primary N) is 1. The first-order valence-electron chi connectivity index (χ1n) is 8.65. The second-order valence-electron chi connectivity index (χ2n) is 6.39. The van der Waals surface area contributed by atoms with E-state index in [4.69, 9.17) is 17.3 Å². The van der Waals surface area contributed by atoms with E-state index in [9.17, 15) is 14.0 Å². The van der Waals surface area contributed by atoms with Gasteiger partial charge in [-0.05, 0) is 31.2 Å². The predicted octanol–water partition coefficient (Wildman–Crippen LogP) is 3.86. The van der Waals surface area contributed by atoms with Crippen molar-refractivity contribution in [2.45, 2.75) is 13.0 Å². The number of imidazole rings is 1. The molecule has 158 valence electrons. The quantitative estimate of drug-likeness (QED) is 0.474. The lowest BCUT2D eigenvalue weighted by atomic mass is 10.0. The van der Waals surface area contributed by atoms with Crippen LogP contribution in [-0.4, -0.2) is 24.6 Å². The van der Waals surface area contributed by atoms with E-state index >= 15 is 0 Å². The highest BCUT2D eigenvalue weighted by molar-refractivity contribution is 7.59. The summed E-state index contributed by atoms with van der Waals surface area (Å²) in [5.41, 5.74) is 7.58. The van der Waals surface area contributed by atoms with Gasteiger partial charge < -0.3 is 11.1 Å². The third kappa shape index (κ3) is 4.08. The van der Waals surface area contributed by atoms with E-state index in [1.807, 2.05) is 6.07 Å². The molecule has 0 amide bonds. The summed E-state index contributed by atoms with van der Waals surface area (Å²) < 4.78 is 28.7. The van der Waals surface area contributed by atoms with Gasteiger partial charge in [-0.15, -0.1) is 0 Å². The van der Waals surface area contributed by atoms with E-state index < -0.39 is 17.7 Å². The van der Waals surface area contributed by atoms with Crippen LogP contribution in [0.15, 0.2) is 36.8 Å². The number of aromatic nitrogens is 5. The van der Waals surface area contributed by atoms with Gasteiger partial charge in [-0.25, -0.2) is 28.2 Å². The molecule has 3 heterocycles. The van der Waals surface area contributed by atoms with Crippen LogP contribution in [0.4, 0.5) is 20.4 Å². The van der Waals surface area contributed by atoms with Crippen LogP contribution < -0.4 is 11.1 Å². The Morgan fingerprint density at radius 1 is 1.19 bits per heavy atom. The lowest BCUT2D eigenvalue weighted by Gasteiger charge is -2.19. The molecule has 0 aliphatic carbocycles. The van der Waals surface area contributed by atoms with Crippen molar-refractivity contribution in [3.05, 3.63) is 64.7 Å². The average Bonchev–Trinajstić information content (AvgIpc) is 3.09. The molecule has 0 saturated carbocycles. The van der Waals surface area contributed by atoms with Crippen molar-refractivity contribution >= 4 is 42.4 Å². The van der Waals surface area contributed by atoms with Gasteiger partial charge in [0.25, 0.3) is 0 Å². The Morgan fingerprint density at radius 2 is 1.97 bits per heavy atom. The fraction of sp³-hybridized carbons (Fsp3) is 0.105. The molecule has 0 bridgehead atoms. The van der Waals surface area contributed by atoms with Gasteiger partial charge >= 0.3 is 0 Å². The van der Waals surface area contributed by atoms with Crippen LogP contribution in [0.25, 0.3) is 16.9 Å². The minimum atomic E-state index is -1.01. The molecule has 0 aliphatic rings. The number of hydrogen-bond donors (Lipinski definition) is 2. The summed E-state index contributed by atoms with van der Waals surface area (Å²) in [5, 5.41) is 17.2. The molecule has 4 aromatic rings. The maximum Gasteiger partial charge on any atom is 0.159 e. The van der Waals surface area contributed by atoms with Crippen LogP contribution >= 0.6 is 25.1 Å². The fourth-order valence-electron chi connectivity index (χ4n) is 3.00. The number of benzene rings is 1. The normalized spacial score (nSPS) is 11.6. The molecular formula is C19H15ClF2N8S. The van der Waals surface area contributed by atoms with Gasteiger partial charge in [-0.3, -0.25) is 0 Å². The zero-order valence-corrected chi connectivity index (χ0v) is 17.7. The molecule has 0 radical (unpaired) electrons. The van der Waals surface area contributed by atoms with Crippen molar-refractivity contribution in [1.82, 2.24) is 24.6 Å². The number of nitriles is 1. The maximum absolute atomic E-state index is 13.9. The molecule has 4 rings (SSSR count). The molecule has 31 heavy (non-hydrogen) atoms. The van der Waals surface area contributed by atoms with Crippen molar-refractivity contribution < 1.29 is 8.78 Å². The molecule has 0 spiro atoms. The lowest BCUT2D eigenvalue weighted by Crippen LogP contribution is -2.14. The number of nitrogens with one attached hydrogen (secondary N) is 1. The van der Waals surface area contributed by atoms with Crippen molar-refractivity contribution in [2.75, 3.05) is 11.1 Å². The molecule has 3 N–H and O–H groups in total. The molecule has 1 aromatic carbocycles. The number of anilines is 2. The summed E-state index contributed by atoms with van der Waals surface area (Å²) in [4.78, 5) is 12.1. The largest absolute Gasteiger partial charge is 0.382 e. The van der Waals surface area contributed by atoms with Gasteiger partial charge in [-0.2, -0.15) is 23.9 Å². The molecular weight excluding hydrogens is 446 g/mol. The van der Waals surface area contributed by atoms with Crippen molar-refractivity contribution in [2.24, 2.45) is 0 Å². The number of fused-ring (bicyclic) bond motifs is 1. The highest BCUT2D eigenvalue weighted by atomic mass is 35.5. The SMILES string of the molecule is C[C@H](Nc1ncnc(N)c1C#N)c1cc2ncc(Cl)n2nc1-c1ccc(F)c(F)c1.S. The molecule has 0 saturated heterocycles. The van der Waals surface area contributed by atoms with Gasteiger partial charge in [0.1, 0.15) is 29.6 Å². The number of nitrogens with zero attached hydrogens (tertiary/aromatic N) is 6. The second-order valence-corrected chi connectivity index (χ2v) is 6.78. The van der Waals surface area contributed by atoms with Crippen LogP contribution in [0.3, 0.4) is 0 Å². The second kappa shape index (κ2) is 8.71. The Balaban J connectivity index is 0.00000272. The average molecular weight is 461 g/mol. The van der Waals surface area contributed by atoms with Crippen molar-refractivity contribution in [3.63, 3.8) is 0 Å². The third-order valence-corrected chi connectivity index (χ3v) is 4.74. The third-order valence-electron chi connectivity index (χ3n) is 4.48. The summed E-state index contributed by atoms with van der Waals surface area (Å²) >= 11 is 6.13. The molecule has 0 unspecified atom stereocenters. The molecule has 12 heteroatoms. The van der Waals surface area contributed by atoms with E-state index in [1.54, 1.807) is 13.0 Å². The smallest absolute Gasteiger partial charge is 0.159 e. The van der Waals surface area contributed by atoms with Gasteiger partial charge in [0.15, 0.2) is 22.4 Å². The topological polar surface area (TPSA) is 118 Å². The van der Waals surface area contributed by atoms with Crippen LogP contribution in [0.2, 0.25) is 5.15 Å².